The monoisotopic (exact) mass is 376 g/mol. The molecule has 1 fully saturated rings. The van der Waals surface area contributed by atoms with Gasteiger partial charge in [0.1, 0.15) is 23.2 Å². The molecule has 1 aromatic carbocycles. The van der Waals surface area contributed by atoms with E-state index in [0.717, 1.165) is 6.54 Å². The summed E-state index contributed by atoms with van der Waals surface area (Å²) < 4.78 is 7.49. The maximum atomic E-state index is 11.6. The van der Waals surface area contributed by atoms with E-state index >= 15 is 0 Å². The van der Waals surface area contributed by atoms with Crippen LogP contribution in [0.15, 0.2) is 24.5 Å². The molecule has 0 aliphatic carbocycles. The number of hydrogen-bond acceptors (Lipinski definition) is 8. The Morgan fingerprint density at radius 2 is 2.07 bits per heavy atom. The Morgan fingerprint density at radius 3 is 2.70 bits per heavy atom. The predicted molar refractivity (Wildman–Crippen MR) is 94.6 cm³/mol. The molecule has 1 aliphatic heterocycles. The van der Waals surface area contributed by atoms with Crippen molar-refractivity contribution in [3.05, 3.63) is 35.7 Å². The summed E-state index contributed by atoms with van der Waals surface area (Å²) in [6.07, 6.45) is 3.38. The number of carboxylic acids is 1. The first-order valence-corrected chi connectivity index (χ1v) is 8.61. The molecule has 144 valence electrons. The molecular formula is C16H21BN4O6. The average molecular weight is 376 g/mol. The van der Waals surface area contributed by atoms with Crippen LogP contribution in [0.1, 0.15) is 15.9 Å². The maximum absolute atomic E-state index is 11.6. The zero-order valence-electron chi connectivity index (χ0n) is 14.6. The lowest BCUT2D eigenvalue weighted by atomic mass is 9.82. The Labute approximate surface area is 155 Å². The van der Waals surface area contributed by atoms with Crippen LogP contribution in [0, 0.1) is 0 Å². The number of carboxylic acid groups (broad SMARTS) is 1. The van der Waals surface area contributed by atoms with Crippen molar-refractivity contribution in [1.29, 1.82) is 0 Å². The Bertz CT molecular complexity index is 779. The highest BCUT2D eigenvalue weighted by molar-refractivity contribution is 6.41. The van der Waals surface area contributed by atoms with Gasteiger partial charge in [-0.25, -0.2) is 4.79 Å². The van der Waals surface area contributed by atoms with Crippen molar-refractivity contribution in [3.8, 4) is 11.5 Å². The number of aromatic carboxylic acids is 1. The highest BCUT2D eigenvalue weighted by Crippen LogP contribution is 2.33. The van der Waals surface area contributed by atoms with Crippen LogP contribution in [0.25, 0.3) is 0 Å². The van der Waals surface area contributed by atoms with E-state index < -0.39 is 18.8 Å². The van der Waals surface area contributed by atoms with Crippen molar-refractivity contribution in [2.75, 3.05) is 19.6 Å². The van der Waals surface area contributed by atoms with Gasteiger partial charge in [0.25, 0.3) is 0 Å². The van der Waals surface area contributed by atoms with Gasteiger partial charge in [-0.1, -0.05) is 11.3 Å². The van der Waals surface area contributed by atoms with Crippen molar-refractivity contribution < 1.29 is 29.8 Å². The predicted octanol–water partition coefficient (Wildman–Crippen LogP) is -0.540. The third kappa shape index (κ3) is 4.76. The van der Waals surface area contributed by atoms with Crippen molar-refractivity contribution in [1.82, 2.24) is 19.9 Å². The quantitative estimate of drug-likeness (QED) is 0.425. The van der Waals surface area contributed by atoms with E-state index in [1.165, 1.54) is 6.07 Å². The van der Waals surface area contributed by atoms with Gasteiger partial charge in [-0.05, 0) is 24.4 Å². The van der Waals surface area contributed by atoms with E-state index in [0.29, 0.717) is 25.2 Å². The number of hydrogen-bond donors (Lipinski definition) is 4. The van der Waals surface area contributed by atoms with Crippen LogP contribution in [0.2, 0.25) is 6.32 Å². The second-order valence-electron chi connectivity index (χ2n) is 6.44. The van der Waals surface area contributed by atoms with Gasteiger partial charge in [-0.2, -0.15) is 0 Å². The lowest BCUT2D eigenvalue weighted by Crippen LogP contribution is -2.54. The summed E-state index contributed by atoms with van der Waals surface area (Å²) in [5.74, 6) is -1.59. The van der Waals surface area contributed by atoms with Crippen molar-refractivity contribution in [3.63, 3.8) is 0 Å². The van der Waals surface area contributed by atoms with Crippen LogP contribution in [-0.4, -0.2) is 79.0 Å². The normalized spacial score (nSPS) is 14.7. The fraction of sp³-hybridized carbons (Fsp3) is 0.438. The minimum Gasteiger partial charge on any atom is -0.507 e. The summed E-state index contributed by atoms with van der Waals surface area (Å²) in [7, 11) is -1.52. The number of nitrogens with zero attached hydrogens (tertiary/aromatic N) is 4. The number of likely N-dealkylation sites (tertiary alicyclic amines) is 1. The van der Waals surface area contributed by atoms with Gasteiger partial charge in [0, 0.05) is 25.8 Å². The Balaban J connectivity index is 1.58. The van der Waals surface area contributed by atoms with Crippen LogP contribution in [0.4, 0.5) is 0 Å². The Hall–Kier alpha value is -2.63. The van der Waals surface area contributed by atoms with E-state index in [2.05, 4.69) is 15.2 Å². The number of aromatic nitrogens is 3. The fourth-order valence-electron chi connectivity index (χ4n) is 2.96. The zero-order valence-corrected chi connectivity index (χ0v) is 14.6. The van der Waals surface area contributed by atoms with Gasteiger partial charge < -0.3 is 25.0 Å². The van der Waals surface area contributed by atoms with Gasteiger partial charge in [-0.15, -0.1) is 5.10 Å². The molecule has 1 aliphatic rings. The maximum Gasteiger partial charge on any atom is 0.451 e. The zero-order chi connectivity index (χ0) is 19.4. The molecule has 27 heavy (non-hydrogen) atoms. The number of aryl methyl sites for hydroxylation is 1. The molecule has 3 rings (SSSR count). The molecule has 11 heteroatoms. The van der Waals surface area contributed by atoms with Crippen LogP contribution in [0.5, 0.6) is 11.5 Å². The molecular weight excluding hydrogens is 355 g/mol. The molecule has 0 atom stereocenters. The van der Waals surface area contributed by atoms with E-state index in [-0.39, 0.29) is 30.2 Å². The summed E-state index contributed by atoms with van der Waals surface area (Å²) in [5.41, 5.74) is 0.0249. The average Bonchev–Trinajstić information content (AvgIpc) is 3.08. The largest absolute Gasteiger partial charge is 0.507 e. The second-order valence-corrected chi connectivity index (χ2v) is 6.44. The minimum absolute atomic E-state index is 0.00379. The topological polar surface area (TPSA) is 141 Å². The van der Waals surface area contributed by atoms with Gasteiger partial charge in [0.2, 0.25) is 0 Å². The smallest absolute Gasteiger partial charge is 0.451 e. The van der Waals surface area contributed by atoms with Crippen LogP contribution < -0.4 is 4.74 Å². The SMILES string of the molecule is O=C(O)c1c(OC2CN(CCn3ccnn3)C2)ccc(CCB(O)O)c1O. The van der Waals surface area contributed by atoms with Crippen molar-refractivity contribution in [2.45, 2.75) is 25.4 Å². The summed E-state index contributed by atoms with van der Waals surface area (Å²) in [5, 5.41) is 45.2. The first kappa shape index (κ1) is 19.1. The van der Waals surface area contributed by atoms with E-state index in [9.17, 15) is 15.0 Å². The molecule has 2 aromatic rings. The van der Waals surface area contributed by atoms with E-state index in [1.54, 1.807) is 23.1 Å². The molecule has 10 nitrogen and oxygen atoms in total. The minimum atomic E-state index is -1.52. The molecule has 1 aromatic heterocycles. The number of benzene rings is 1. The summed E-state index contributed by atoms with van der Waals surface area (Å²) in [4.78, 5) is 13.7. The number of rotatable bonds is 9. The summed E-state index contributed by atoms with van der Waals surface area (Å²) in [6, 6.07) is 3.04. The Kier molecular flexibility index (Phi) is 5.94. The summed E-state index contributed by atoms with van der Waals surface area (Å²) in [6.45, 7) is 2.78. The molecule has 0 saturated carbocycles. The molecule has 0 spiro atoms. The van der Waals surface area contributed by atoms with Gasteiger partial charge in [0.05, 0.1) is 12.7 Å². The third-order valence-electron chi connectivity index (χ3n) is 4.44. The molecule has 4 N–H and O–H groups in total. The molecule has 0 radical (unpaired) electrons. The number of phenols is 1. The number of aromatic hydroxyl groups is 1. The summed E-state index contributed by atoms with van der Waals surface area (Å²) >= 11 is 0. The highest BCUT2D eigenvalue weighted by Gasteiger charge is 2.30. The van der Waals surface area contributed by atoms with Crippen molar-refractivity contribution in [2.24, 2.45) is 0 Å². The lowest BCUT2D eigenvalue weighted by molar-refractivity contribution is 0.0162. The van der Waals surface area contributed by atoms with Crippen LogP contribution in [-0.2, 0) is 13.0 Å². The molecule has 1 saturated heterocycles. The molecule has 2 heterocycles. The third-order valence-corrected chi connectivity index (χ3v) is 4.44. The standard InChI is InChI=1S/C16H21BN4O6/c22-15-11(3-4-17(25)26)1-2-13(14(15)16(23)24)27-12-9-20(10-12)7-8-21-6-5-18-19-21/h1-2,5-6,12,22,25-26H,3-4,7-10H2,(H,23,24). The van der Waals surface area contributed by atoms with E-state index in [1.807, 2.05) is 0 Å². The van der Waals surface area contributed by atoms with Gasteiger partial charge in [0.15, 0.2) is 0 Å². The number of ether oxygens (including phenoxy) is 1. The van der Waals surface area contributed by atoms with Gasteiger partial charge in [-0.3, -0.25) is 9.58 Å². The molecule has 0 amide bonds. The second kappa shape index (κ2) is 8.38. The van der Waals surface area contributed by atoms with Crippen LogP contribution in [0.3, 0.4) is 0 Å². The van der Waals surface area contributed by atoms with Gasteiger partial charge >= 0.3 is 13.1 Å². The van der Waals surface area contributed by atoms with E-state index in [4.69, 9.17) is 14.8 Å². The first-order chi connectivity index (χ1) is 12.9. The first-order valence-electron chi connectivity index (χ1n) is 8.61. The molecule has 0 bridgehead atoms. The fourth-order valence-corrected chi connectivity index (χ4v) is 2.96. The lowest BCUT2D eigenvalue weighted by Gasteiger charge is -2.39. The van der Waals surface area contributed by atoms with Crippen molar-refractivity contribution >= 4 is 13.1 Å². The molecule has 0 unspecified atom stereocenters. The highest BCUT2D eigenvalue weighted by atomic mass is 16.5. The van der Waals surface area contributed by atoms with Crippen LogP contribution >= 0.6 is 0 Å². The number of carbonyl (C=O) groups is 1. The Morgan fingerprint density at radius 1 is 1.30 bits per heavy atom.